The van der Waals surface area contributed by atoms with Crippen LogP contribution in [0.2, 0.25) is 0 Å². The number of nitrogens with zero attached hydrogens (tertiary/aromatic N) is 5. The summed E-state index contributed by atoms with van der Waals surface area (Å²) in [7, 11) is 1.86. The van der Waals surface area contributed by atoms with Crippen LogP contribution in [0, 0.1) is 6.92 Å². The van der Waals surface area contributed by atoms with Crippen LogP contribution in [0.15, 0.2) is 47.3 Å². The van der Waals surface area contributed by atoms with Gasteiger partial charge in [0.25, 0.3) is 5.91 Å². The smallest absolute Gasteiger partial charge is 0.277 e. The fraction of sp³-hybridized carbons (Fsp3) is 0.304. The number of anilines is 2. The average Bonchev–Trinajstić information content (AvgIpc) is 3.39. The number of rotatable bonds is 4. The molecule has 9 heteroatoms. The fourth-order valence-electron chi connectivity index (χ4n) is 4.09. The van der Waals surface area contributed by atoms with E-state index in [0.29, 0.717) is 18.1 Å². The van der Waals surface area contributed by atoms with Gasteiger partial charge in [-0.15, -0.1) is 0 Å². The molecule has 4 heterocycles. The molecule has 5 rings (SSSR count). The molecule has 0 spiro atoms. The van der Waals surface area contributed by atoms with Gasteiger partial charge in [0.2, 0.25) is 5.89 Å². The minimum Gasteiger partial charge on any atom is -0.444 e. The van der Waals surface area contributed by atoms with Crippen molar-refractivity contribution in [2.45, 2.75) is 25.9 Å². The summed E-state index contributed by atoms with van der Waals surface area (Å²) in [6.07, 6.45) is 6.24. The third kappa shape index (κ3) is 3.94. The number of oxazole rings is 1. The maximum Gasteiger partial charge on any atom is 0.277 e. The number of benzene rings is 1. The van der Waals surface area contributed by atoms with E-state index in [1.807, 2.05) is 38.4 Å². The number of hydrogen-bond acceptors (Lipinski definition) is 7. The van der Waals surface area contributed by atoms with E-state index in [0.717, 1.165) is 47.2 Å². The minimum absolute atomic E-state index is 0.181. The Morgan fingerprint density at radius 2 is 2.19 bits per heavy atom. The SMILES string of the molecule is Cc1cc(-c2nc(C(=O)Nc3cc4nn(C)cc4cc3N3CCCC(O)C3)co2)ccn1. The van der Waals surface area contributed by atoms with Crippen molar-refractivity contribution in [1.82, 2.24) is 19.7 Å². The standard InChI is InChI=1S/C23H24N6O3/c1-14-8-15(5-6-24-14)23-26-20(13-32-23)22(31)25-19-10-18-16(11-28(2)27-18)9-21(19)29-7-3-4-17(30)12-29/h5-6,8-11,13,17,30H,3-4,7,12H2,1-2H3,(H,25,31). The van der Waals surface area contributed by atoms with E-state index in [-0.39, 0.29) is 17.7 Å². The van der Waals surface area contributed by atoms with Crippen LogP contribution in [0.4, 0.5) is 11.4 Å². The van der Waals surface area contributed by atoms with Gasteiger partial charge in [-0.1, -0.05) is 0 Å². The summed E-state index contributed by atoms with van der Waals surface area (Å²) < 4.78 is 7.28. The Kier molecular flexibility index (Phi) is 5.10. The Labute approximate surface area is 184 Å². The summed E-state index contributed by atoms with van der Waals surface area (Å²) in [5.41, 5.74) is 4.03. The Balaban J connectivity index is 1.46. The van der Waals surface area contributed by atoms with Crippen LogP contribution in [0.5, 0.6) is 0 Å². The van der Waals surface area contributed by atoms with Crippen LogP contribution in [-0.2, 0) is 7.05 Å². The molecule has 1 fully saturated rings. The van der Waals surface area contributed by atoms with Crippen molar-refractivity contribution in [1.29, 1.82) is 0 Å². The van der Waals surface area contributed by atoms with E-state index in [1.54, 1.807) is 16.9 Å². The topological polar surface area (TPSA) is 109 Å². The quantitative estimate of drug-likeness (QED) is 0.510. The Morgan fingerprint density at radius 3 is 3.00 bits per heavy atom. The summed E-state index contributed by atoms with van der Waals surface area (Å²) in [5.74, 6) is -0.0138. The van der Waals surface area contributed by atoms with Crippen LogP contribution < -0.4 is 10.2 Å². The van der Waals surface area contributed by atoms with E-state index < -0.39 is 0 Å². The predicted molar refractivity (Wildman–Crippen MR) is 121 cm³/mol. The number of aromatic nitrogens is 4. The fourth-order valence-corrected chi connectivity index (χ4v) is 4.09. The minimum atomic E-state index is -0.390. The zero-order valence-electron chi connectivity index (χ0n) is 17.9. The molecule has 1 aliphatic rings. The number of pyridine rings is 1. The molecule has 1 aromatic carbocycles. The van der Waals surface area contributed by atoms with E-state index in [1.165, 1.54) is 6.26 Å². The summed E-state index contributed by atoms with van der Waals surface area (Å²) in [6, 6.07) is 7.50. The number of amides is 1. The van der Waals surface area contributed by atoms with Crippen molar-refractivity contribution in [2.75, 3.05) is 23.3 Å². The first-order valence-corrected chi connectivity index (χ1v) is 10.6. The summed E-state index contributed by atoms with van der Waals surface area (Å²) in [4.78, 5) is 23.7. The normalized spacial score (nSPS) is 16.5. The largest absolute Gasteiger partial charge is 0.444 e. The van der Waals surface area contributed by atoms with E-state index in [9.17, 15) is 9.90 Å². The first-order valence-electron chi connectivity index (χ1n) is 10.6. The van der Waals surface area contributed by atoms with Crippen LogP contribution in [-0.4, -0.2) is 50.0 Å². The van der Waals surface area contributed by atoms with E-state index >= 15 is 0 Å². The second-order valence-electron chi connectivity index (χ2n) is 8.15. The lowest BCUT2D eigenvalue weighted by Gasteiger charge is -2.33. The summed E-state index contributed by atoms with van der Waals surface area (Å²) in [5, 5.41) is 18.6. The lowest BCUT2D eigenvalue weighted by Crippen LogP contribution is -2.38. The van der Waals surface area contributed by atoms with Gasteiger partial charge in [-0.25, -0.2) is 4.98 Å². The molecule has 0 saturated carbocycles. The van der Waals surface area contributed by atoms with Crippen molar-refractivity contribution in [3.05, 3.63) is 54.3 Å². The Bertz CT molecular complexity index is 1290. The third-order valence-corrected chi connectivity index (χ3v) is 5.60. The Morgan fingerprint density at radius 1 is 1.31 bits per heavy atom. The van der Waals surface area contributed by atoms with Crippen LogP contribution in [0.1, 0.15) is 29.0 Å². The molecule has 164 valence electrons. The number of aryl methyl sites for hydroxylation is 2. The number of carbonyl (C=O) groups excluding carboxylic acids is 1. The number of carbonyl (C=O) groups is 1. The van der Waals surface area contributed by atoms with Gasteiger partial charge < -0.3 is 19.7 Å². The zero-order chi connectivity index (χ0) is 22.2. The molecule has 1 atom stereocenters. The highest BCUT2D eigenvalue weighted by molar-refractivity contribution is 6.06. The van der Waals surface area contributed by atoms with E-state index in [2.05, 4.69) is 25.3 Å². The number of aliphatic hydroxyl groups is 1. The Hall–Kier alpha value is -3.72. The molecule has 9 nitrogen and oxygen atoms in total. The summed E-state index contributed by atoms with van der Waals surface area (Å²) >= 11 is 0. The molecule has 1 aliphatic heterocycles. The molecule has 0 aliphatic carbocycles. The van der Waals surface area contributed by atoms with Gasteiger partial charge in [-0.05, 0) is 44.0 Å². The molecule has 1 unspecified atom stereocenters. The van der Waals surface area contributed by atoms with Gasteiger partial charge in [-0.2, -0.15) is 5.10 Å². The van der Waals surface area contributed by atoms with Crippen LogP contribution in [0.3, 0.4) is 0 Å². The van der Waals surface area contributed by atoms with Gasteiger partial charge in [-0.3, -0.25) is 14.5 Å². The van der Waals surface area contributed by atoms with Crippen molar-refractivity contribution in [3.63, 3.8) is 0 Å². The number of piperidine rings is 1. The third-order valence-electron chi connectivity index (χ3n) is 5.60. The van der Waals surface area contributed by atoms with Gasteiger partial charge in [0.1, 0.15) is 6.26 Å². The lowest BCUT2D eigenvalue weighted by molar-refractivity contribution is 0.102. The van der Waals surface area contributed by atoms with Crippen molar-refractivity contribution >= 4 is 28.2 Å². The first-order chi connectivity index (χ1) is 15.5. The monoisotopic (exact) mass is 432 g/mol. The number of β-amino-alcohol motifs (C(OH)–C–C–N with tert-alkyl or cyclic N) is 1. The first kappa shape index (κ1) is 20.2. The van der Waals surface area contributed by atoms with Crippen molar-refractivity contribution in [2.24, 2.45) is 7.05 Å². The highest BCUT2D eigenvalue weighted by atomic mass is 16.3. The molecule has 32 heavy (non-hydrogen) atoms. The second kappa shape index (κ2) is 8.08. The van der Waals surface area contributed by atoms with Crippen molar-refractivity contribution < 1.29 is 14.3 Å². The molecule has 3 aromatic heterocycles. The van der Waals surface area contributed by atoms with Crippen LogP contribution in [0.25, 0.3) is 22.4 Å². The number of hydrogen-bond donors (Lipinski definition) is 2. The van der Waals surface area contributed by atoms with Crippen LogP contribution >= 0.6 is 0 Å². The molecule has 0 radical (unpaired) electrons. The highest BCUT2D eigenvalue weighted by Gasteiger charge is 2.23. The molecular formula is C23H24N6O3. The zero-order valence-corrected chi connectivity index (χ0v) is 17.9. The predicted octanol–water partition coefficient (Wildman–Crippen LogP) is 3.15. The maximum absolute atomic E-state index is 13.0. The summed E-state index contributed by atoms with van der Waals surface area (Å²) in [6.45, 7) is 3.21. The van der Waals surface area contributed by atoms with Gasteiger partial charge in [0.05, 0.1) is 23.0 Å². The number of fused-ring (bicyclic) bond motifs is 1. The van der Waals surface area contributed by atoms with Gasteiger partial charge in [0, 0.05) is 49.2 Å². The second-order valence-corrected chi connectivity index (χ2v) is 8.15. The molecule has 2 N–H and O–H groups in total. The number of aliphatic hydroxyl groups excluding tert-OH is 1. The maximum atomic E-state index is 13.0. The van der Waals surface area contributed by atoms with Crippen molar-refractivity contribution in [3.8, 4) is 11.5 Å². The van der Waals surface area contributed by atoms with Gasteiger partial charge in [0.15, 0.2) is 5.69 Å². The molecule has 1 saturated heterocycles. The molecule has 4 aromatic rings. The molecule has 1 amide bonds. The highest BCUT2D eigenvalue weighted by Crippen LogP contribution is 2.33. The number of nitrogens with one attached hydrogen (secondary N) is 1. The lowest BCUT2D eigenvalue weighted by atomic mass is 10.1. The van der Waals surface area contributed by atoms with Gasteiger partial charge >= 0.3 is 0 Å². The van der Waals surface area contributed by atoms with E-state index in [4.69, 9.17) is 4.42 Å². The average molecular weight is 432 g/mol. The molecule has 0 bridgehead atoms. The molecular weight excluding hydrogens is 408 g/mol.